The number of hydrogen-bond donors (Lipinski definition) is 0. The lowest BCUT2D eigenvalue weighted by atomic mass is 10.1. The molecule has 2 aliphatic rings. The molecular weight excluding hydrogens is 308 g/mol. The first-order valence-corrected chi connectivity index (χ1v) is 9.68. The lowest BCUT2D eigenvalue weighted by Crippen LogP contribution is -2.32. The minimum absolute atomic E-state index is 0.0759. The van der Waals surface area contributed by atoms with Gasteiger partial charge < -0.3 is 9.80 Å². The Hall–Kier alpha value is -1.49. The van der Waals surface area contributed by atoms with Crippen molar-refractivity contribution in [3.05, 3.63) is 29.3 Å². The number of rotatable bonds is 4. The van der Waals surface area contributed by atoms with Gasteiger partial charge in [-0.3, -0.25) is 9.59 Å². The minimum atomic E-state index is 0.0759. The number of hydrogen-bond acceptors (Lipinski definition) is 3. The Balaban J connectivity index is 1.85. The van der Waals surface area contributed by atoms with Crippen LogP contribution in [0.25, 0.3) is 0 Å². The first kappa shape index (κ1) is 16.4. The summed E-state index contributed by atoms with van der Waals surface area (Å²) >= 11 is 1.84. The molecule has 4 nitrogen and oxygen atoms in total. The summed E-state index contributed by atoms with van der Waals surface area (Å²) in [6.07, 6.45) is 4.65. The van der Waals surface area contributed by atoms with Gasteiger partial charge in [0.05, 0.1) is 11.3 Å². The second-order valence-electron chi connectivity index (χ2n) is 6.53. The van der Waals surface area contributed by atoms with Crippen LogP contribution in [0.15, 0.2) is 18.2 Å². The van der Waals surface area contributed by atoms with E-state index in [1.807, 2.05) is 41.8 Å². The first-order valence-electron chi connectivity index (χ1n) is 8.29. The highest BCUT2D eigenvalue weighted by atomic mass is 32.2. The Bertz CT molecular complexity index is 617. The first-order chi connectivity index (χ1) is 11.1. The Labute approximate surface area is 142 Å². The maximum Gasteiger partial charge on any atom is 0.255 e. The zero-order chi connectivity index (χ0) is 16.4. The highest BCUT2D eigenvalue weighted by molar-refractivity contribution is 7.98. The normalized spacial score (nSPS) is 21.3. The number of benzene rings is 1. The average Bonchev–Trinajstić information content (AvgIpc) is 3.16. The van der Waals surface area contributed by atoms with Crippen LogP contribution in [-0.2, 0) is 4.79 Å². The van der Waals surface area contributed by atoms with E-state index in [9.17, 15) is 9.59 Å². The number of thioether (sulfide) groups is 1. The molecule has 1 atom stereocenters. The van der Waals surface area contributed by atoms with E-state index < -0.39 is 0 Å². The molecule has 0 bridgehead atoms. The van der Waals surface area contributed by atoms with Gasteiger partial charge in [-0.15, -0.1) is 0 Å². The van der Waals surface area contributed by atoms with Crippen LogP contribution >= 0.6 is 11.8 Å². The molecule has 0 spiro atoms. The topological polar surface area (TPSA) is 40.6 Å². The van der Waals surface area contributed by atoms with E-state index in [1.54, 1.807) is 4.90 Å². The van der Waals surface area contributed by atoms with E-state index in [0.717, 1.165) is 49.5 Å². The molecule has 2 aliphatic heterocycles. The van der Waals surface area contributed by atoms with Gasteiger partial charge >= 0.3 is 0 Å². The van der Waals surface area contributed by atoms with Crippen LogP contribution in [0, 0.1) is 12.8 Å². The van der Waals surface area contributed by atoms with Gasteiger partial charge in [0.15, 0.2) is 0 Å². The third-order valence-corrected chi connectivity index (χ3v) is 5.53. The molecule has 2 amide bonds. The molecule has 0 aromatic heterocycles. The fourth-order valence-electron chi connectivity index (χ4n) is 3.52. The molecule has 0 N–H and O–H groups in total. The van der Waals surface area contributed by atoms with Crippen molar-refractivity contribution in [1.29, 1.82) is 0 Å². The third kappa shape index (κ3) is 3.39. The summed E-state index contributed by atoms with van der Waals surface area (Å²) in [7, 11) is 0. The predicted octanol–water partition coefficient (Wildman–Crippen LogP) is 2.95. The lowest BCUT2D eigenvalue weighted by molar-refractivity contribution is -0.117. The molecule has 0 unspecified atom stereocenters. The van der Waals surface area contributed by atoms with Crippen molar-refractivity contribution in [1.82, 2.24) is 4.90 Å². The predicted molar refractivity (Wildman–Crippen MR) is 95.2 cm³/mol. The second-order valence-corrected chi connectivity index (χ2v) is 7.44. The Morgan fingerprint density at radius 1 is 1.35 bits per heavy atom. The summed E-state index contributed by atoms with van der Waals surface area (Å²) in [6, 6.07) is 5.85. The fraction of sp³-hybridized carbons (Fsp3) is 0.556. The van der Waals surface area contributed by atoms with Crippen LogP contribution in [-0.4, -0.2) is 48.4 Å². The van der Waals surface area contributed by atoms with Gasteiger partial charge in [0.2, 0.25) is 5.91 Å². The summed E-state index contributed by atoms with van der Waals surface area (Å²) in [5, 5.41) is 0. The van der Waals surface area contributed by atoms with Gasteiger partial charge in [-0.2, -0.15) is 11.8 Å². The van der Waals surface area contributed by atoms with Crippen molar-refractivity contribution in [2.45, 2.75) is 26.2 Å². The van der Waals surface area contributed by atoms with Crippen LogP contribution in [0.2, 0.25) is 0 Å². The monoisotopic (exact) mass is 332 g/mol. The molecule has 0 radical (unpaired) electrons. The highest BCUT2D eigenvalue weighted by Gasteiger charge is 2.31. The number of nitrogens with zero attached hydrogens (tertiary/aromatic N) is 2. The van der Waals surface area contributed by atoms with E-state index >= 15 is 0 Å². The Morgan fingerprint density at radius 2 is 2.17 bits per heavy atom. The zero-order valence-corrected chi connectivity index (χ0v) is 14.7. The average molecular weight is 332 g/mol. The van der Waals surface area contributed by atoms with E-state index in [2.05, 4.69) is 6.26 Å². The summed E-state index contributed by atoms with van der Waals surface area (Å²) in [6.45, 7) is 4.37. The van der Waals surface area contributed by atoms with Crippen molar-refractivity contribution in [2.75, 3.05) is 36.5 Å². The van der Waals surface area contributed by atoms with E-state index in [0.29, 0.717) is 17.9 Å². The number of likely N-dealkylation sites (tertiary alicyclic amines) is 1. The molecule has 23 heavy (non-hydrogen) atoms. The number of carbonyl (C=O) groups excluding carboxylic acids is 2. The highest BCUT2D eigenvalue weighted by Crippen LogP contribution is 2.29. The van der Waals surface area contributed by atoms with Crippen molar-refractivity contribution >= 4 is 29.3 Å². The van der Waals surface area contributed by atoms with Crippen molar-refractivity contribution in [2.24, 2.45) is 5.92 Å². The van der Waals surface area contributed by atoms with Crippen LogP contribution in [0.4, 0.5) is 5.69 Å². The molecule has 2 heterocycles. The second kappa shape index (κ2) is 6.95. The lowest BCUT2D eigenvalue weighted by Gasteiger charge is -2.23. The number of aryl methyl sites for hydroxylation is 1. The maximum atomic E-state index is 13.0. The molecule has 5 heteroatoms. The van der Waals surface area contributed by atoms with Crippen molar-refractivity contribution in [3.8, 4) is 0 Å². The van der Waals surface area contributed by atoms with Crippen LogP contribution < -0.4 is 4.90 Å². The molecule has 1 aromatic rings. The van der Waals surface area contributed by atoms with E-state index in [4.69, 9.17) is 0 Å². The standard InChI is InChI=1S/C18H24N2O2S/c1-13-5-6-16(20-8-3-4-17(20)21)15(10-13)18(22)19-9-7-14(11-19)12-23-2/h5-6,10,14H,3-4,7-9,11-12H2,1-2H3/t14-/m0/s1. The quantitative estimate of drug-likeness (QED) is 0.851. The summed E-state index contributed by atoms with van der Waals surface area (Å²) in [5.74, 6) is 1.90. The summed E-state index contributed by atoms with van der Waals surface area (Å²) in [4.78, 5) is 28.8. The largest absolute Gasteiger partial charge is 0.338 e. The SMILES string of the molecule is CSC[C@H]1CCN(C(=O)c2cc(C)ccc2N2CCCC2=O)C1. The van der Waals surface area contributed by atoms with Crippen LogP contribution in [0.5, 0.6) is 0 Å². The van der Waals surface area contributed by atoms with Gasteiger partial charge in [-0.25, -0.2) is 0 Å². The van der Waals surface area contributed by atoms with E-state index in [1.165, 1.54) is 0 Å². The molecular formula is C18H24N2O2S. The molecule has 2 fully saturated rings. The van der Waals surface area contributed by atoms with Gasteiger partial charge in [0.25, 0.3) is 5.91 Å². The molecule has 2 saturated heterocycles. The summed E-state index contributed by atoms with van der Waals surface area (Å²) in [5.41, 5.74) is 2.53. The smallest absolute Gasteiger partial charge is 0.255 e. The van der Waals surface area contributed by atoms with Crippen LogP contribution in [0.1, 0.15) is 35.2 Å². The van der Waals surface area contributed by atoms with Crippen LogP contribution in [0.3, 0.4) is 0 Å². The minimum Gasteiger partial charge on any atom is -0.338 e. The Morgan fingerprint density at radius 3 is 2.87 bits per heavy atom. The molecule has 0 saturated carbocycles. The van der Waals surface area contributed by atoms with Gasteiger partial charge in [0.1, 0.15) is 0 Å². The zero-order valence-electron chi connectivity index (χ0n) is 13.9. The Kier molecular flexibility index (Phi) is 4.95. The molecule has 0 aliphatic carbocycles. The molecule has 1 aromatic carbocycles. The molecule has 3 rings (SSSR count). The number of carbonyl (C=O) groups is 2. The number of anilines is 1. The fourth-order valence-corrected chi connectivity index (χ4v) is 4.26. The van der Waals surface area contributed by atoms with E-state index in [-0.39, 0.29) is 11.8 Å². The van der Waals surface area contributed by atoms with Gasteiger partial charge in [-0.05, 0) is 49.8 Å². The van der Waals surface area contributed by atoms with Gasteiger partial charge in [-0.1, -0.05) is 11.6 Å². The van der Waals surface area contributed by atoms with Gasteiger partial charge in [0, 0.05) is 26.1 Å². The molecule has 124 valence electrons. The maximum absolute atomic E-state index is 13.0. The van der Waals surface area contributed by atoms with Crippen molar-refractivity contribution in [3.63, 3.8) is 0 Å². The van der Waals surface area contributed by atoms with Crippen molar-refractivity contribution < 1.29 is 9.59 Å². The third-order valence-electron chi connectivity index (χ3n) is 4.72. The number of amides is 2. The summed E-state index contributed by atoms with van der Waals surface area (Å²) < 4.78 is 0.